The van der Waals surface area contributed by atoms with Gasteiger partial charge < -0.3 is 10.0 Å². The Morgan fingerprint density at radius 3 is 2.79 bits per heavy atom. The molecule has 0 bridgehead atoms. The number of anilines is 1. The lowest BCUT2D eigenvalue weighted by molar-refractivity contribution is 0.0906. The largest absolute Gasteiger partial charge is 0.391 e. The summed E-state index contributed by atoms with van der Waals surface area (Å²) in [5.74, 6) is 1.84. The lowest BCUT2D eigenvalue weighted by atomic mass is 9.91. The highest BCUT2D eigenvalue weighted by atomic mass is 16.3. The second-order valence-corrected chi connectivity index (χ2v) is 8.52. The molecule has 7 heteroatoms. The summed E-state index contributed by atoms with van der Waals surface area (Å²) in [6, 6.07) is 8.21. The second kappa shape index (κ2) is 10.1. The summed E-state index contributed by atoms with van der Waals surface area (Å²) in [5, 5.41) is 15.0. The van der Waals surface area contributed by atoms with Crippen LogP contribution in [0.15, 0.2) is 53.9 Å². The summed E-state index contributed by atoms with van der Waals surface area (Å²) >= 11 is 0. The Kier molecular flexibility index (Phi) is 6.99. The van der Waals surface area contributed by atoms with Crippen LogP contribution < -0.4 is 4.90 Å². The van der Waals surface area contributed by atoms with Gasteiger partial charge in [0.2, 0.25) is 0 Å². The van der Waals surface area contributed by atoms with E-state index in [0.717, 1.165) is 53.0 Å². The highest BCUT2D eigenvalue weighted by Gasteiger charge is 2.29. The van der Waals surface area contributed by atoms with E-state index >= 15 is 0 Å². The minimum atomic E-state index is -0.363. The third-order valence-corrected chi connectivity index (χ3v) is 6.36. The molecule has 1 fully saturated rings. The molecule has 2 aromatic heterocycles. The van der Waals surface area contributed by atoms with Crippen molar-refractivity contribution < 1.29 is 5.11 Å². The summed E-state index contributed by atoms with van der Waals surface area (Å²) in [6.45, 7) is 5.57. The first-order valence-corrected chi connectivity index (χ1v) is 11.5. The number of hydrogen-bond donors (Lipinski definition) is 1. The zero-order valence-corrected chi connectivity index (χ0v) is 19.8. The summed E-state index contributed by atoms with van der Waals surface area (Å²) in [6.07, 6.45) is 11.2. The first kappa shape index (κ1) is 22.9. The zero-order chi connectivity index (χ0) is 23.4. The Balaban J connectivity index is 1.77. The van der Waals surface area contributed by atoms with Crippen molar-refractivity contribution in [2.45, 2.75) is 32.8 Å². The number of nitrogens with zero attached hydrogens (tertiary/aromatic N) is 6. The van der Waals surface area contributed by atoms with Crippen molar-refractivity contribution in [1.82, 2.24) is 19.7 Å². The highest BCUT2D eigenvalue weighted by Crippen LogP contribution is 2.34. The number of aliphatic hydroxyl groups excluding tert-OH is 1. The van der Waals surface area contributed by atoms with Gasteiger partial charge in [0.15, 0.2) is 5.82 Å². The Hall–Kier alpha value is -3.32. The molecule has 1 aliphatic rings. The molecule has 0 aliphatic carbocycles. The number of allylic oxidation sites excluding steroid dienone is 2. The standard InChI is InChI=1S/C26H32N6O/c1-5-18-10-11-32(17-24(18)33)26-23(22-14-29-31(4)16-22)15-28-25(30-26)21-9-7-8-20(12-21)19(6-2)13-27-3/h6-9,12-16,18,24,33H,5,10-11,17H2,1-4H3/b19-6+,27-13-. The fourth-order valence-corrected chi connectivity index (χ4v) is 4.46. The van der Waals surface area contributed by atoms with Crippen LogP contribution in [0.25, 0.3) is 28.1 Å². The van der Waals surface area contributed by atoms with Gasteiger partial charge in [-0.25, -0.2) is 9.97 Å². The average Bonchev–Trinajstić information content (AvgIpc) is 3.28. The fourth-order valence-electron chi connectivity index (χ4n) is 4.46. The summed E-state index contributed by atoms with van der Waals surface area (Å²) in [5.41, 5.74) is 4.96. The molecule has 1 aromatic carbocycles. The molecule has 3 aromatic rings. The third-order valence-electron chi connectivity index (χ3n) is 6.36. The van der Waals surface area contributed by atoms with Gasteiger partial charge in [-0.3, -0.25) is 9.67 Å². The first-order chi connectivity index (χ1) is 16.0. The van der Waals surface area contributed by atoms with E-state index in [1.807, 2.05) is 57.0 Å². The topological polar surface area (TPSA) is 79.4 Å². The Bertz CT molecular complexity index is 1170. The molecule has 7 nitrogen and oxygen atoms in total. The first-order valence-electron chi connectivity index (χ1n) is 11.5. The van der Waals surface area contributed by atoms with Crippen LogP contribution in [0.2, 0.25) is 0 Å². The number of β-amino-alcohol motifs (C(OH)–C–C–N with tert-alkyl or cyclic N) is 1. The lowest BCUT2D eigenvalue weighted by Crippen LogP contribution is -2.44. The molecular formula is C26H32N6O. The van der Waals surface area contributed by atoms with Crippen LogP contribution in [-0.4, -0.2) is 57.3 Å². The van der Waals surface area contributed by atoms with Crippen LogP contribution in [0.4, 0.5) is 5.82 Å². The van der Waals surface area contributed by atoms with E-state index in [0.29, 0.717) is 18.3 Å². The second-order valence-electron chi connectivity index (χ2n) is 8.52. The maximum Gasteiger partial charge on any atom is 0.161 e. The van der Waals surface area contributed by atoms with Gasteiger partial charge in [0, 0.05) is 62.5 Å². The maximum absolute atomic E-state index is 10.7. The van der Waals surface area contributed by atoms with E-state index in [1.54, 1.807) is 11.7 Å². The molecule has 2 unspecified atom stereocenters. The number of aryl methyl sites for hydroxylation is 1. The van der Waals surface area contributed by atoms with Crippen molar-refractivity contribution in [2.75, 3.05) is 25.0 Å². The number of hydrogen-bond acceptors (Lipinski definition) is 6. The van der Waals surface area contributed by atoms with Gasteiger partial charge in [0.25, 0.3) is 0 Å². The number of aliphatic hydroxyl groups is 1. The van der Waals surface area contributed by atoms with Crippen LogP contribution in [0, 0.1) is 5.92 Å². The summed E-state index contributed by atoms with van der Waals surface area (Å²) in [4.78, 5) is 16.1. The number of piperidine rings is 1. The molecule has 2 atom stereocenters. The van der Waals surface area contributed by atoms with Crippen molar-refractivity contribution >= 4 is 17.6 Å². The molecule has 0 radical (unpaired) electrons. The predicted octanol–water partition coefficient (Wildman–Crippen LogP) is 4.25. The van der Waals surface area contributed by atoms with Crippen LogP contribution >= 0.6 is 0 Å². The molecule has 4 rings (SSSR count). The fraction of sp³-hybridized carbons (Fsp3) is 0.385. The van der Waals surface area contributed by atoms with Crippen molar-refractivity contribution in [3.63, 3.8) is 0 Å². The maximum atomic E-state index is 10.7. The normalized spacial score (nSPS) is 19.4. The van der Waals surface area contributed by atoms with Crippen LogP contribution in [-0.2, 0) is 7.05 Å². The van der Waals surface area contributed by atoms with Gasteiger partial charge in [0.05, 0.1) is 12.3 Å². The predicted molar refractivity (Wildman–Crippen MR) is 134 cm³/mol. The molecule has 0 saturated carbocycles. The van der Waals surface area contributed by atoms with E-state index < -0.39 is 0 Å². The van der Waals surface area contributed by atoms with Gasteiger partial charge in [-0.1, -0.05) is 37.6 Å². The molecule has 0 amide bonds. The van der Waals surface area contributed by atoms with Gasteiger partial charge >= 0.3 is 0 Å². The molecule has 33 heavy (non-hydrogen) atoms. The average molecular weight is 445 g/mol. The van der Waals surface area contributed by atoms with Crippen molar-refractivity contribution in [1.29, 1.82) is 0 Å². The van der Waals surface area contributed by atoms with Crippen molar-refractivity contribution in [2.24, 2.45) is 18.0 Å². The molecule has 1 saturated heterocycles. The van der Waals surface area contributed by atoms with Crippen LogP contribution in [0.5, 0.6) is 0 Å². The number of aromatic nitrogens is 4. The van der Waals surface area contributed by atoms with Gasteiger partial charge in [-0.05, 0) is 36.5 Å². The van der Waals surface area contributed by atoms with Crippen LogP contribution in [0.3, 0.4) is 0 Å². The monoisotopic (exact) mass is 444 g/mol. The SMILES string of the molecule is C/C=C(\C=N/C)c1cccc(-c2ncc(-c3cnn(C)c3)c(N3CCC(CC)C(O)C3)n2)c1. The molecular weight excluding hydrogens is 412 g/mol. The van der Waals surface area contributed by atoms with Crippen LogP contribution in [0.1, 0.15) is 32.3 Å². The molecule has 0 spiro atoms. The number of aliphatic imine (C=N–C) groups is 1. The Morgan fingerprint density at radius 1 is 1.27 bits per heavy atom. The minimum absolute atomic E-state index is 0.334. The van der Waals surface area contributed by atoms with Gasteiger partial charge in [0.1, 0.15) is 5.82 Å². The van der Waals surface area contributed by atoms with E-state index in [2.05, 4.69) is 34.0 Å². The zero-order valence-electron chi connectivity index (χ0n) is 19.8. The van der Waals surface area contributed by atoms with Crippen molar-refractivity contribution in [3.8, 4) is 22.5 Å². The number of rotatable bonds is 6. The Morgan fingerprint density at radius 2 is 2.12 bits per heavy atom. The van der Waals surface area contributed by atoms with Gasteiger partial charge in [-0.2, -0.15) is 5.10 Å². The van der Waals surface area contributed by atoms with E-state index in [1.165, 1.54) is 0 Å². The lowest BCUT2D eigenvalue weighted by Gasteiger charge is -2.37. The van der Waals surface area contributed by atoms with E-state index in [-0.39, 0.29) is 6.10 Å². The molecule has 1 N–H and O–H groups in total. The summed E-state index contributed by atoms with van der Waals surface area (Å²) < 4.78 is 1.78. The molecule has 1 aliphatic heterocycles. The van der Waals surface area contributed by atoms with Crippen molar-refractivity contribution in [3.05, 3.63) is 54.5 Å². The molecule has 172 valence electrons. The summed E-state index contributed by atoms with van der Waals surface area (Å²) in [7, 11) is 3.68. The quantitative estimate of drug-likeness (QED) is 0.575. The molecule has 3 heterocycles. The Labute approximate surface area is 195 Å². The smallest absolute Gasteiger partial charge is 0.161 e. The number of benzene rings is 1. The van der Waals surface area contributed by atoms with E-state index in [9.17, 15) is 5.11 Å². The highest BCUT2D eigenvalue weighted by molar-refractivity contribution is 6.09. The third kappa shape index (κ3) is 4.88. The minimum Gasteiger partial charge on any atom is -0.391 e. The van der Waals surface area contributed by atoms with Gasteiger partial charge in [-0.15, -0.1) is 0 Å². The van der Waals surface area contributed by atoms with E-state index in [4.69, 9.17) is 9.97 Å².